The highest BCUT2D eigenvalue weighted by atomic mass is 32.2. The summed E-state index contributed by atoms with van der Waals surface area (Å²) in [6.07, 6.45) is 0.341. The maximum atomic E-state index is 13.7. The number of benzene rings is 1. The number of carboxylic acid groups (broad SMARTS) is 1. The minimum Gasteiger partial charge on any atom is -0.481 e. The molecule has 118 valence electrons. The summed E-state index contributed by atoms with van der Waals surface area (Å²) in [6.45, 7) is 4.93. The molecular weight excluding hydrogens is 297 g/mol. The van der Waals surface area contributed by atoms with E-state index in [1.165, 1.54) is 19.1 Å². The number of aryl methyl sites for hydroxylation is 1. The van der Waals surface area contributed by atoms with Gasteiger partial charge < -0.3 is 5.11 Å². The Kier molecular flexibility index (Phi) is 5.86. The highest BCUT2D eigenvalue weighted by Gasteiger charge is 2.25. The molecule has 0 saturated heterocycles. The maximum absolute atomic E-state index is 13.7. The van der Waals surface area contributed by atoms with Crippen molar-refractivity contribution in [2.75, 3.05) is 6.54 Å². The number of hydrogen-bond donors (Lipinski definition) is 2. The van der Waals surface area contributed by atoms with Gasteiger partial charge in [0.15, 0.2) is 0 Å². The van der Waals surface area contributed by atoms with Crippen LogP contribution in [-0.4, -0.2) is 26.0 Å². The van der Waals surface area contributed by atoms with Crippen LogP contribution in [-0.2, 0) is 14.8 Å². The van der Waals surface area contributed by atoms with Gasteiger partial charge in [0.05, 0.1) is 5.92 Å². The molecule has 0 aromatic heterocycles. The van der Waals surface area contributed by atoms with Crippen LogP contribution in [0.2, 0.25) is 0 Å². The van der Waals surface area contributed by atoms with E-state index >= 15 is 0 Å². The largest absolute Gasteiger partial charge is 0.481 e. The predicted octanol–water partition coefficient (Wildman–Crippen LogP) is 2.16. The standard InChI is InChI=1S/C14H20FNO4S/c1-9(2)7-11(14(17)18)8-16-21(19,20)13-10(3)5-4-6-12(13)15/h4-6,9,11,16H,7-8H2,1-3H3,(H,17,18). The highest BCUT2D eigenvalue weighted by molar-refractivity contribution is 7.89. The van der Waals surface area contributed by atoms with Gasteiger partial charge in [0.25, 0.3) is 0 Å². The summed E-state index contributed by atoms with van der Waals surface area (Å²) < 4.78 is 40.2. The van der Waals surface area contributed by atoms with E-state index in [0.717, 1.165) is 6.07 Å². The number of carboxylic acids is 1. The molecule has 0 radical (unpaired) electrons. The van der Waals surface area contributed by atoms with Gasteiger partial charge in [0.1, 0.15) is 10.7 Å². The van der Waals surface area contributed by atoms with E-state index in [1.807, 2.05) is 13.8 Å². The summed E-state index contributed by atoms with van der Waals surface area (Å²) in [6, 6.07) is 3.97. The molecule has 21 heavy (non-hydrogen) atoms. The topological polar surface area (TPSA) is 83.5 Å². The lowest BCUT2D eigenvalue weighted by molar-refractivity contribution is -0.142. The maximum Gasteiger partial charge on any atom is 0.307 e. The lowest BCUT2D eigenvalue weighted by atomic mass is 9.98. The molecule has 0 heterocycles. The Hall–Kier alpha value is -1.47. The van der Waals surface area contributed by atoms with Crippen LogP contribution in [0.4, 0.5) is 4.39 Å². The van der Waals surface area contributed by atoms with Gasteiger partial charge in [-0.3, -0.25) is 4.79 Å². The highest BCUT2D eigenvalue weighted by Crippen LogP contribution is 2.19. The molecule has 1 aromatic carbocycles. The molecule has 5 nitrogen and oxygen atoms in total. The quantitative estimate of drug-likeness (QED) is 0.807. The summed E-state index contributed by atoms with van der Waals surface area (Å²) in [5.41, 5.74) is 0.276. The number of aliphatic carboxylic acids is 1. The molecule has 2 N–H and O–H groups in total. The Balaban J connectivity index is 2.93. The molecular formula is C14H20FNO4S. The second-order valence-corrected chi connectivity index (χ2v) is 7.11. The van der Waals surface area contributed by atoms with E-state index in [2.05, 4.69) is 4.72 Å². The molecule has 0 aliphatic heterocycles. The fraction of sp³-hybridized carbons (Fsp3) is 0.500. The lowest BCUT2D eigenvalue weighted by Crippen LogP contribution is -2.34. The number of hydrogen-bond acceptors (Lipinski definition) is 3. The van der Waals surface area contributed by atoms with E-state index in [9.17, 15) is 17.6 Å². The minimum atomic E-state index is -4.07. The lowest BCUT2D eigenvalue weighted by Gasteiger charge is -2.16. The summed E-state index contributed by atoms with van der Waals surface area (Å²) >= 11 is 0. The first-order valence-electron chi connectivity index (χ1n) is 6.62. The van der Waals surface area contributed by atoms with Gasteiger partial charge in [-0.2, -0.15) is 0 Å². The van der Waals surface area contributed by atoms with Gasteiger partial charge in [-0.15, -0.1) is 0 Å². The van der Waals surface area contributed by atoms with Crippen molar-refractivity contribution in [1.82, 2.24) is 4.72 Å². The van der Waals surface area contributed by atoms with Crippen molar-refractivity contribution in [3.05, 3.63) is 29.6 Å². The Morgan fingerprint density at radius 2 is 2.00 bits per heavy atom. The Bertz CT molecular complexity index is 593. The van der Waals surface area contributed by atoms with E-state index < -0.39 is 32.6 Å². The van der Waals surface area contributed by atoms with Gasteiger partial charge in [-0.05, 0) is 30.9 Å². The molecule has 0 bridgehead atoms. The summed E-state index contributed by atoms with van der Waals surface area (Å²) in [4.78, 5) is 10.7. The van der Waals surface area contributed by atoms with E-state index in [1.54, 1.807) is 0 Å². The summed E-state index contributed by atoms with van der Waals surface area (Å²) in [5.74, 6) is -2.65. The van der Waals surface area contributed by atoms with Crippen molar-refractivity contribution < 1.29 is 22.7 Å². The minimum absolute atomic E-state index is 0.116. The summed E-state index contributed by atoms with van der Waals surface area (Å²) in [5, 5.41) is 9.09. The first-order chi connectivity index (χ1) is 9.65. The van der Waals surface area contributed by atoms with Crippen LogP contribution in [0.15, 0.2) is 23.1 Å². The molecule has 0 amide bonds. The zero-order chi connectivity index (χ0) is 16.2. The van der Waals surface area contributed by atoms with Gasteiger partial charge >= 0.3 is 5.97 Å². The van der Waals surface area contributed by atoms with Crippen molar-refractivity contribution in [3.8, 4) is 0 Å². The molecule has 0 spiro atoms. The zero-order valence-electron chi connectivity index (χ0n) is 12.3. The zero-order valence-corrected chi connectivity index (χ0v) is 13.1. The molecule has 0 fully saturated rings. The van der Waals surface area contributed by atoms with E-state index in [4.69, 9.17) is 5.11 Å². The predicted molar refractivity (Wildman–Crippen MR) is 76.9 cm³/mol. The fourth-order valence-electron chi connectivity index (χ4n) is 2.08. The first-order valence-corrected chi connectivity index (χ1v) is 8.11. The van der Waals surface area contributed by atoms with E-state index in [0.29, 0.717) is 6.42 Å². The SMILES string of the molecule is Cc1cccc(F)c1S(=O)(=O)NCC(CC(C)C)C(=O)O. The average Bonchev–Trinajstić information content (AvgIpc) is 2.33. The molecule has 1 rings (SSSR count). The molecule has 0 saturated carbocycles. The molecule has 1 atom stereocenters. The number of nitrogens with one attached hydrogen (secondary N) is 1. The third-order valence-corrected chi connectivity index (χ3v) is 4.66. The molecule has 1 aromatic rings. The number of sulfonamides is 1. The Labute approximate surface area is 124 Å². The van der Waals surface area contributed by atoms with Crippen LogP contribution in [0.3, 0.4) is 0 Å². The van der Waals surface area contributed by atoms with Crippen molar-refractivity contribution >= 4 is 16.0 Å². The monoisotopic (exact) mass is 317 g/mol. The van der Waals surface area contributed by atoms with Crippen molar-refractivity contribution in [2.45, 2.75) is 32.1 Å². The fourth-order valence-corrected chi connectivity index (χ4v) is 3.46. The first kappa shape index (κ1) is 17.6. The van der Waals surface area contributed by atoms with Gasteiger partial charge in [0.2, 0.25) is 10.0 Å². The second kappa shape index (κ2) is 7.00. The van der Waals surface area contributed by atoms with Crippen LogP contribution < -0.4 is 4.72 Å². The smallest absolute Gasteiger partial charge is 0.307 e. The summed E-state index contributed by atoms with van der Waals surface area (Å²) in [7, 11) is -4.07. The molecule has 0 aliphatic carbocycles. The Morgan fingerprint density at radius 3 is 2.48 bits per heavy atom. The Morgan fingerprint density at radius 1 is 1.38 bits per heavy atom. The van der Waals surface area contributed by atoms with Crippen molar-refractivity contribution in [1.29, 1.82) is 0 Å². The van der Waals surface area contributed by atoms with E-state index in [-0.39, 0.29) is 18.0 Å². The molecule has 1 unspecified atom stereocenters. The normalized spacial score (nSPS) is 13.4. The van der Waals surface area contributed by atoms with Crippen LogP contribution in [0.5, 0.6) is 0 Å². The van der Waals surface area contributed by atoms with Crippen LogP contribution in [0.25, 0.3) is 0 Å². The third kappa shape index (κ3) is 4.78. The molecule has 0 aliphatic rings. The van der Waals surface area contributed by atoms with Gasteiger partial charge in [-0.1, -0.05) is 26.0 Å². The second-order valence-electron chi connectivity index (χ2n) is 5.40. The third-order valence-electron chi connectivity index (χ3n) is 3.06. The number of rotatable bonds is 7. The number of halogens is 1. The molecule has 7 heteroatoms. The van der Waals surface area contributed by atoms with Crippen LogP contribution >= 0.6 is 0 Å². The van der Waals surface area contributed by atoms with Gasteiger partial charge in [0, 0.05) is 6.54 Å². The average molecular weight is 317 g/mol. The van der Waals surface area contributed by atoms with Gasteiger partial charge in [-0.25, -0.2) is 17.5 Å². The van der Waals surface area contributed by atoms with Crippen molar-refractivity contribution in [2.24, 2.45) is 11.8 Å². The number of carbonyl (C=O) groups is 1. The van der Waals surface area contributed by atoms with Crippen LogP contribution in [0.1, 0.15) is 25.8 Å². The van der Waals surface area contributed by atoms with Crippen molar-refractivity contribution in [3.63, 3.8) is 0 Å². The van der Waals surface area contributed by atoms with Crippen LogP contribution in [0, 0.1) is 24.6 Å².